The predicted octanol–water partition coefficient (Wildman–Crippen LogP) is 7.09. The van der Waals surface area contributed by atoms with E-state index in [9.17, 15) is 18.0 Å². The number of nitrogens with one attached hydrogen (secondary N) is 1. The summed E-state index contributed by atoms with van der Waals surface area (Å²) in [4.78, 5) is 18.1. The third-order valence-electron chi connectivity index (χ3n) is 5.46. The lowest BCUT2D eigenvalue weighted by Gasteiger charge is -2.18. The van der Waals surface area contributed by atoms with E-state index in [1.807, 2.05) is 30.3 Å². The van der Waals surface area contributed by atoms with Crippen LogP contribution in [0, 0.1) is 0 Å². The number of carbonyl (C=O) groups excluding carboxylic acids is 1. The van der Waals surface area contributed by atoms with Gasteiger partial charge in [-0.25, -0.2) is 0 Å². The first-order valence-corrected chi connectivity index (χ1v) is 10.3. The molecule has 3 aromatic carbocycles. The number of ketones is 1. The minimum Gasteiger partial charge on any atom is -0.354 e. The minimum atomic E-state index is -4.44. The van der Waals surface area contributed by atoms with Crippen molar-refractivity contribution in [2.24, 2.45) is 0 Å². The predicted molar refractivity (Wildman–Crippen MR) is 117 cm³/mol. The summed E-state index contributed by atoms with van der Waals surface area (Å²) in [6.45, 7) is 0. The van der Waals surface area contributed by atoms with Crippen molar-refractivity contribution < 1.29 is 18.0 Å². The molecule has 1 aliphatic heterocycles. The van der Waals surface area contributed by atoms with Gasteiger partial charge < -0.3 is 5.32 Å². The topological polar surface area (TPSA) is 42.0 Å². The van der Waals surface area contributed by atoms with E-state index in [4.69, 9.17) is 0 Å². The first-order valence-electron chi connectivity index (χ1n) is 9.48. The number of benzene rings is 3. The van der Waals surface area contributed by atoms with Crippen LogP contribution < -0.4 is 5.32 Å². The average Bonchev–Trinajstić information content (AvgIpc) is 2.87. The summed E-state index contributed by atoms with van der Waals surface area (Å²) in [6.07, 6.45) is -2.81. The van der Waals surface area contributed by atoms with Crippen molar-refractivity contribution in [3.05, 3.63) is 99.7 Å². The van der Waals surface area contributed by atoms with Gasteiger partial charge in [-0.1, -0.05) is 46.3 Å². The zero-order chi connectivity index (χ0) is 21.8. The van der Waals surface area contributed by atoms with Gasteiger partial charge >= 0.3 is 6.18 Å². The summed E-state index contributed by atoms with van der Waals surface area (Å²) in [7, 11) is 0. The van der Waals surface area contributed by atoms with Gasteiger partial charge in [0.1, 0.15) is 0 Å². The molecule has 31 heavy (non-hydrogen) atoms. The van der Waals surface area contributed by atoms with Crippen LogP contribution in [0.2, 0.25) is 0 Å². The highest BCUT2D eigenvalue weighted by Gasteiger charge is 2.34. The van der Waals surface area contributed by atoms with Gasteiger partial charge in [0, 0.05) is 27.2 Å². The Balaban J connectivity index is 1.77. The molecule has 1 unspecified atom stereocenters. The Morgan fingerprint density at radius 2 is 1.71 bits per heavy atom. The lowest BCUT2D eigenvalue weighted by atomic mass is 9.84. The molecule has 4 aromatic rings. The largest absolute Gasteiger partial charge is 0.416 e. The Bertz CT molecular complexity index is 1330. The zero-order valence-electron chi connectivity index (χ0n) is 15.9. The number of hydrogen-bond donors (Lipinski definition) is 1. The van der Waals surface area contributed by atoms with Gasteiger partial charge in [0.25, 0.3) is 0 Å². The number of hydrogen-bond acceptors (Lipinski definition) is 3. The number of halogens is 4. The molecule has 1 aliphatic rings. The second kappa shape index (κ2) is 7.20. The molecular weight excluding hydrogens is 469 g/mol. The second-order valence-electron chi connectivity index (χ2n) is 7.34. The number of pyridine rings is 1. The summed E-state index contributed by atoms with van der Waals surface area (Å²) in [6, 6.07) is 17.6. The number of Topliss-reactive ketones (excluding diaryl/α,β-unsaturated/α-hetero) is 1. The molecule has 3 nitrogen and oxygen atoms in total. The number of anilines is 2. The van der Waals surface area contributed by atoms with Gasteiger partial charge in [-0.15, -0.1) is 0 Å². The Labute approximate surface area is 184 Å². The Hall–Kier alpha value is -3.19. The van der Waals surface area contributed by atoms with Crippen molar-refractivity contribution in [1.82, 2.24) is 4.98 Å². The summed E-state index contributed by atoms with van der Waals surface area (Å²) >= 11 is 3.44. The zero-order valence-corrected chi connectivity index (χ0v) is 17.5. The van der Waals surface area contributed by atoms with Crippen LogP contribution in [0.5, 0.6) is 0 Å². The highest BCUT2D eigenvalue weighted by molar-refractivity contribution is 9.10. The number of para-hydroxylation sites is 1. The van der Waals surface area contributed by atoms with E-state index < -0.39 is 17.7 Å². The summed E-state index contributed by atoms with van der Waals surface area (Å²) < 4.78 is 40.0. The molecule has 1 atom stereocenters. The first-order chi connectivity index (χ1) is 14.8. The van der Waals surface area contributed by atoms with Crippen LogP contribution in [0.15, 0.2) is 77.4 Å². The normalized spacial score (nSPS) is 15.7. The molecule has 0 fully saturated rings. The maximum atomic E-state index is 13.6. The second-order valence-corrected chi connectivity index (χ2v) is 8.25. The summed E-state index contributed by atoms with van der Waals surface area (Å²) in [5.74, 6) is -0.991. The molecule has 0 saturated carbocycles. The molecule has 2 heterocycles. The third-order valence-corrected chi connectivity index (χ3v) is 5.95. The lowest BCUT2D eigenvalue weighted by Crippen LogP contribution is -2.14. The van der Waals surface area contributed by atoms with E-state index in [0.717, 1.165) is 33.2 Å². The van der Waals surface area contributed by atoms with Crippen molar-refractivity contribution >= 4 is 44.0 Å². The minimum absolute atomic E-state index is 0.203. The van der Waals surface area contributed by atoms with Crippen LogP contribution in [0.3, 0.4) is 0 Å². The van der Waals surface area contributed by atoms with Crippen molar-refractivity contribution in [2.75, 3.05) is 5.32 Å². The molecule has 1 N–H and O–H groups in total. The van der Waals surface area contributed by atoms with E-state index in [0.29, 0.717) is 22.4 Å². The Morgan fingerprint density at radius 3 is 2.45 bits per heavy atom. The van der Waals surface area contributed by atoms with E-state index in [1.165, 1.54) is 12.1 Å². The number of alkyl halides is 3. The number of rotatable bonds is 1. The highest BCUT2D eigenvalue weighted by atomic mass is 79.9. The average molecular weight is 483 g/mol. The van der Waals surface area contributed by atoms with E-state index in [1.54, 1.807) is 18.3 Å². The van der Waals surface area contributed by atoms with Gasteiger partial charge in [0.15, 0.2) is 5.78 Å². The maximum absolute atomic E-state index is 13.6. The molecule has 0 saturated heterocycles. The number of carbonyl (C=O) groups is 1. The smallest absolute Gasteiger partial charge is 0.354 e. The first kappa shape index (κ1) is 19.8. The standard InChI is InChI=1S/C24H14BrF3N2O/c25-15-9-10-17-20(11-15)30-22-16-3-1-2-4-19(16)29-12-18(22)21(23(17)31)13-5-7-14(8-6-13)24(26,27)28/h1-12,21,30H. The van der Waals surface area contributed by atoms with Crippen molar-refractivity contribution in [3.63, 3.8) is 0 Å². The van der Waals surface area contributed by atoms with E-state index >= 15 is 0 Å². The summed E-state index contributed by atoms with van der Waals surface area (Å²) in [5, 5.41) is 4.21. The van der Waals surface area contributed by atoms with Crippen LogP contribution in [0.4, 0.5) is 24.5 Å². The van der Waals surface area contributed by atoms with Crippen LogP contribution in [-0.4, -0.2) is 10.8 Å². The van der Waals surface area contributed by atoms with Crippen LogP contribution in [0.1, 0.15) is 33.0 Å². The molecule has 0 spiro atoms. The maximum Gasteiger partial charge on any atom is 0.416 e. The lowest BCUT2D eigenvalue weighted by molar-refractivity contribution is -0.137. The van der Waals surface area contributed by atoms with Crippen molar-refractivity contribution in [2.45, 2.75) is 12.1 Å². The summed E-state index contributed by atoms with van der Waals surface area (Å²) in [5.41, 5.74) is 2.92. The van der Waals surface area contributed by atoms with E-state index in [-0.39, 0.29) is 5.78 Å². The van der Waals surface area contributed by atoms with E-state index in [2.05, 4.69) is 26.2 Å². The van der Waals surface area contributed by atoms with Crippen LogP contribution >= 0.6 is 15.9 Å². The fourth-order valence-corrected chi connectivity index (χ4v) is 4.34. The van der Waals surface area contributed by atoms with Crippen LogP contribution in [0.25, 0.3) is 10.9 Å². The molecule has 0 radical (unpaired) electrons. The van der Waals surface area contributed by atoms with Crippen molar-refractivity contribution in [1.29, 1.82) is 0 Å². The molecule has 7 heteroatoms. The molecule has 5 rings (SSSR count). The van der Waals surface area contributed by atoms with Crippen molar-refractivity contribution in [3.8, 4) is 0 Å². The molecule has 0 bridgehead atoms. The molecule has 154 valence electrons. The Morgan fingerprint density at radius 1 is 0.968 bits per heavy atom. The molecule has 0 aliphatic carbocycles. The van der Waals surface area contributed by atoms with Gasteiger partial charge in [-0.05, 0) is 42.0 Å². The van der Waals surface area contributed by atoms with Gasteiger partial charge in [-0.3, -0.25) is 9.78 Å². The van der Waals surface area contributed by atoms with Gasteiger partial charge in [0.2, 0.25) is 0 Å². The highest BCUT2D eigenvalue weighted by Crippen LogP contribution is 2.43. The van der Waals surface area contributed by atoms with Crippen LogP contribution in [-0.2, 0) is 6.18 Å². The fraction of sp³-hybridized carbons (Fsp3) is 0.0833. The molecule has 1 aromatic heterocycles. The SMILES string of the molecule is O=C1c2ccc(Br)cc2Nc2c(cnc3ccccc23)C1c1ccc(C(F)(F)F)cc1. The molecule has 0 amide bonds. The number of aromatic nitrogens is 1. The third kappa shape index (κ3) is 3.39. The number of nitrogens with zero attached hydrogens (tertiary/aromatic N) is 1. The fourth-order valence-electron chi connectivity index (χ4n) is 3.98. The Kier molecular flexibility index (Phi) is 4.59. The molecular formula is C24H14BrF3N2O. The monoisotopic (exact) mass is 482 g/mol. The number of fused-ring (bicyclic) bond motifs is 4. The quantitative estimate of drug-likeness (QED) is 0.315. The van der Waals surface area contributed by atoms with Gasteiger partial charge in [0.05, 0.1) is 28.4 Å². The van der Waals surface area contributed by atoms with Gasteiger partial charge in [-0.2, -0.15) is 13.2 Å².